The lowest BCUT2D eigenvalue weighted by atomic mass is 9.98. The van der Waals surface area contributed by atoms with Crippen LogP contribution in [0.5, 0.6) is 5.75 Å². The number of methoxy groups -OCH3 is 1. The van der Waals surface area contributed by atoms with Gasteiger partial charge in [-0.25, -0.2) is 12.8 Å². The second kappa shape index (κ2) is 9.19. The van der Waals surface area contributed by atoms with Gasteiger partial charge in [0.25, 0.3) is 5.91 Å². The zero-order valence-electron chi connectivity index (χ0n) is 19.2. The maximum Gasteiger partial charge on any atom is 0.258 e. The van der Waals surface area contributed by atoms with Crippen LogP contribution in [0, 0.1) is 5.82 Å². The van der Waals surface area contributed by atoms with E-state index >= 15 is 0 Å². The van der Waals surface area contributed by atoms with Gasteiger partial charge in [0.2, 0.25) is 10.0 Å². The van der Waals surface area contributed by atoms with Gasteiger partial charge < -0.3 is 14.7 Å². The van der Waals surface area contributed by atoms with E-state index in [-0.39, 0.29) is 35.7 Å². The summed E-state index contributed by atoms with van der Waals surface area (Å²) < 4.78 is 45.1. The molecule has 180 valence electrons. The maximum absolute atomic E-state index is 13.3. The minimum absolute atomic E-state index is 0.0690. The summed E-state index contributed by atoms with van der Waals surface area (Å²) in [4.78, 5) is 19.0. The number of phenolic OH excluding ortho intramolecular Hbond substituents is 1. The summed E-state index contributed by atoms with van der Waals surface area (Å²) in [5.41, 5.74) is 2.62. The zero-order valence-corrected chi connectivity index (χ0v) is 20.0. The van der Waals surface area contributed by atoms with Gasteiger partial charge in [-0.15, -0.1) is 0 Å². The molecular formula is C24H26FN3O5S. The van der Waals surface area contributed by atoms with E-state index in [0.29, 0.717) is 36.2 Å². The number of ether oxygens (including phenoxy) is 1. The molecule has 0 saturated carbocycles. The number of anilines is 1. The number of aromatic nitrogens is 1. The van der Waals surface area contributed by atoms with E-state index < -0.39 is 15.9 Å². The Labute approximate surface area is 197 Å². The van der Waals surface area contributed by atoms with Gasteiger partial charge in [0.1, 0.15) is 11.3 Å². The number of halogens is 1. The summed E-state index contributed by atoms with van der Waals surface area (Å²) in [6, 6.07) is 7.86. The van der Waals surface area contributed by atoms with Crippen molar-refractivity contribution in [1.82, 2.24) is 9.88 Å². The third kappa shape index (κ3) is 4.30. The van der Waals surface area contributed by atoms with Crippen molar-refractivity contribution >= 4 is 32.5 Å². The van der Waals surface area contributed by atoms with E-state index in [2.05, 4.69) is 4.98 Å². The third-order valence-corrected chi connectivity index (χ3v) is 7.16. The largest absolute Gasteiger partial charge is 0.505 e. The second-order valence-corrected chi connectivity index (χ2v) is 10.1. The number of hydrogen-bond acceptors (Lipinski definition) is 6. The molecule has 4 rings (SSSR count). The molecule has 1 N–H and O–H groups in total. The first-order valence-electron chi connectivity index (χ1n) is 10.8. The molecule has 8 nitrogen and oxygen atoms in total. The summed E-state index contributed by atoms with van der Waals surface area (Å²) in [5.74, 6) is -0.997. The number of pyridine rings is 1. The van der Waals surface area contributed by atoms with Crippen LogP contribution in [0.3, 0.4) is 0 Å². The molecule has 0 spiro atoms. The Morgan fingerprint density at radius 1 is 1.24 bits per heavy atom. The van der Waals surface area contributed by atoms with Gasteiger partial charge in [0.05, 0.1) is 24.1 Å². The highest BCUT2D eigenvalue weighted by atomic mass is 32.2. The lowest BCUT2D eigenvalue weighted by Gasteiger charge is -2.25. The number of aromatic hydroxyl groups is 1. The number of sulfonamides is 1. The smallest absolute Gasteiger partial charge is 0.258 e. The van der Waals surface area contributed by atoms with E-state index in [1.54, 1.807) is 31.3 Å². The first-order valence-corrected chi connectivity index (χ1v) is 12.7. The Bertz CT molecular complexity index is 1360. The molecule has 0 atom stereocenters. The number of carbonyl (C=O) groups excluding carboxylic acids is 1. The monoisotopic (exact) mass is 487 g/mol. The van der Waals surface area contributed by atoms with Crippen molar-refractivity contribution < 1.29 is 27.4 Å². The van der Waals surface area contributed by atoms with Gasteiger partial charge in [0.15, 0.2) is 5.75 Å². The Hall–Kier alpha value is -3.24. The normalized spacial score (nSPS) is 13.5. The summed E-state index contributed by atoms with van der Waals surface area (Å²) in [5, 5.41) is 11.5. The van der Waals surface area contributed by atoms with Crippen LogP contribution in [-0.2, 0) is 27.7 Å². The summed E-state index contributed by atoms with van der Waals surface area (Å²) in [6.45, 7) is 2.60. The molecule has 0 radical (unpaired) electrons. The number of phenols is 1. The predicted molar refractivity (Wildman–Crippen MR) is 127 cm³/mol. The standard InChI is InChI=1S/C24H26FN3O5S/c1-4-28(34(3,31)32)22-18-12-16(11-15-5-7-17(25)8-6-15)13-26-21(18)23(29)20-19(22)14-27(24(20)30)9-10-33-2/h5-8,12-13,29H,4,9-11,14H2,1-3H3. The van der Waals surface area contributed by atoms with Gasteiger partial charge in [-0.05, 0) is 42.7 Å². The van der Waals surface area contributed by atoms with E-state index in [4.69, 9.17) is 4.74 Å². The van der Waals surface area contributed by atoms with Crippen LogP contribution in [0.2, 0.25) is 0 Å². The van der Waals surface area contributed by atoms with E-state index in [9.17, 15) is 22.7 Å². The van der Waals surface area contributed by atoms with E-state index in [0.717, 1.165) is 17.4 Å². The van der Waals surface area contributed by atoms with Crippen molar-refractivity contribution in [3.63, 3.8) is 0 Å². The Morgan fingerprint density at radius 3 is 2.56 bits per heavy atom. The number of nitrogens with zero attached hydrogens (tertiary/aromatic N) is 3. The number of hydrogen-bond donors (Lipinski definition) is 1. The fraction of sp³-hybridized carbons (Fsp3) is 0.333. The van der Waals surface area contributed by atoms with Crippen molar-refractivity contribution in [3.8, 4) is 5.75 Å². The number of amides is 1. The van der Waals surface area contributed by atoms with Gasteiger partial charge in [0, 0.05) is 43.9 Å². The average molecular weight is 488 g/mol. The SMILES string of the molecule is CCN(c1c2c(c(O)c3ncc(Cc4ccc(F)cc4)cc13)C(=O)N(CCOC)C2)S(C)(=O)=O. The quantitative estimate of drug-likeness (QED) is 0.524. The molecule has 1 aliphatic heterocycles. The van der Waals surface area contributed by atoms with E-state index in [1.165, 1.54) is 28.4 Å². The highest BCUT2D eigenvalue weighted by molar-refractivity contribution is 7.92. The minimum Gasteiger partial charge on any atom is -0.505 e. The molecule has 2 aromatic carbocycles. The summed E-state index contributed by atoms with van der Waals surface area (Å²) in [6.07, 6.45) is 3.11. The molecule has 10 heteroatoms. The fourth-order valence-corrected chi connectivity index (χ4v) is 5.39. The first-order chi connectivity index (χ1) is 16.2. The minimum atomic E-state index is -3.69. The second-order valence-electron chi connectivity index (χ2n) is 8.24. The molecule has 1 amide bonds. The molecule has 1 aliphatic rings. The maximum atomic E-state index is 13.3. The van der Waals surface area contributed by atoms with Crippen molar-refractivity contribution in [1.29, 1.82) is 0 Å². The van der Waals surface area contributed by atoms with Crippen LogP contribution >= 0.6 is 0 Å². The topological polar surface area (TPSA) is 100 Å². The van der Waals surface area contributed by atoms with Gasteiger partial charge in [-0.3, -0.25) is 14.1 Å². The predicted octanol–water partition coefficient (Wildman–Crippen LogP) is 3.06. The Balaban J connectivity index is 1.93. The molecule has 0 fully saturated rings. The van der Waals surface area contributed by atoms with Crippen LogP contribution in [-0.4, -0.2) is 62.4 Å². The fourth-order valence-electron chi connectivity index (χ4n) is 4.38. The third-order valence-electron chi connectivity index (χ3n) is 5.92. The Morgan fingerprint density at radius 2 is 1.94 bits per heavy atom. The number of benzene rings is 2. The number of rotatable bonds is 8. The van der Waals surface area contributed by atoms with Crippen molar-refractivity contribution in [2.24, 2.45) is 0 Å². The Kier molecular flexibility index (Phi) is 6.46. The molecular weight excluding hydrogens is 461 g/mol. The van der Waals surface area contributed by atoms with E-state index in [1.807, 2.05) is 0 Å². The highest BCUT2D eigenvalue weighted by Crippen LogP contribution is 2.44. The lowest BCUT2D eigenvalue weighted by Crippen LogP contribution is -2.31. The molecule has 0 bridgehead atoms. The van der Waals surface area contributed by atoms with Gasteiger partial charge in [-0.1, -0.05) is 12.1 Å². The van der Waals surface area contributed by atoms with Crippen molar-refractivity contribution in [2.45, 2.75) is 19.9 Å². The molecule has 0 saturated heterocycles. The van der Waals surface area contributed by atoms with Crippen molar-refractivity contribution in [2.75, 3.05) is 37.4 Å². The first kappa shape index (κ1) is 23.9. The van der Waals surface area contributed by atoms with Gasteiger partial charge >= 0.3 is 0 Å². The molecule has 3 aromatic rings. The molecule has 0 aliphatic carbocycles. The van der Waals surface area contributed by atoms with Crippen LogP contribution in [0.4, 0.5) is 10.1 Å². The summed E-state index contributed by atoms with van der Waals surface area (Å²) >= 11 is 0. The molecule has 1 aromatic heterocycles. The lowest BCUT2D eigenvalue weighted by molar-refractivity contribution is 0.0717. The van der Waals surface area contributed by atoms with Crippen LogP contribution in [0.1, 0.15) is 34.0 Å². The number of carbonyl (C=O) groups is 1. The van der Waals surface area contributed by atoms with Crippen LogP contribution in [0.25, 0.3) is 10.9 Å². The summed E-state index contributed by atoms with van der Waals surface area (Å²) in [7, 11) is -2.17. The molecule has 0 unspecified atom stereocenters. The zero-order chi connectivity index (χ0) is 24.6. The average Bonchev–Trinajstić information content (AvgIpc) is 3.12. The van der Waals surface area contributed by atoms with Gasteiger partial charge in [-0.2, -0.15) is 0 Å². The van der Waals surface area contributed by atoms with Crippen molar-refractivity contribution in [3.05, 3.63) is 64.6 Å². The molecule has 34 heavy (non-hydrogen) atoms. The highest BCUT2D eigenvalue weighted by Gasteiger charge is 2.37. The van der Waals surface area contributed by atoms with Crippen LogP contribution < -0.4 is 4.31 Å². The van der Waals surface area contributed by atoms with Crippen LogP contribution in [0.15, 0.2) is 36.5 Å². The number of fused-ring (bicyclic) bond motifs is 2. The molecule has 2 heterocycles.